The molecule has 0 aliphatic carbocycles. The number of anilines is 3. The minimum atomic E-state index is -3.68. The van der Waals surface area contributed by atoms with Crippen molar-refractivity contribution in [3.63, 3.8) is 0 Å². The first-order valence-corrected chi connectivity index (χ1v) is 10.6. The Morgan fingerprint density at radius 1 is 0.966 bits per heavy atom. The maximum atomic E-state index is 11.3. The molecule has 1 aromatic heterocycles. The molecule has 3 aromatic rings. The van der Waals surface area contributed by atoms with E-state index in [0.717, 1.165) is 22.5 Å². The van der Waals surface area contributed by atoms with E-state index in [-0.39, 0.29) is 10.8 Å². The molecule has 0 unspecified atom stereocenters. The molecule has 0 amide bonds. The lowest BCUT2D eigenvalue weighted by molar-refractivity contribution is 0.598. The van der Waals surface area contributed by atoms with Gasteiger partial charge in [-0.1, -0.05) is 18.2 Å². The summed E-state index contributed by atoms with van der Waals surface area (Å²) in [4.78, 5) is 8.68. The molecule has 0 aliphatic rings. The van der Waals surface area contributed by atoms with Crippen LogP contribution in [0.15, 0.2) is 53.4 Å². The number of nitrogen functional groups attached to an aromatic ring is 1. The Labute approximate surface area is 170 Å². The number of aromatic nitrogens is 2. The van der Waals surface area contributed by atoms with Crippen LogP contribution in [0.5, 0.6) is 0 Å². The third-order valence-electron chi connectivity index (χ3n) is 4.57. The topological polar surface area (TPSA) is 136 Å². The molecular formula is C20H24N6O2S. The fraction of sp³-hybridized carbons (Fsp3) is 0.200. The molecule has 0 fully saturated rings. The Morgan fingerprint density at radius 3 is 2.34 bits per heavy atom. The zero-order valence-corrected chi connectivity index (χ0v) is 17.1. The number of nitrogens with zero attached hydrogens (tertiary/aromatic N) is 2. The van der Waals surface area contributed by atoms with Gasteiger partial charge in [-0.3, -0.25) is 0 Å². The number of nitrogens with one attached hydrogen (secondary N) is 2. The quantitative estimate of drug-likeness (QED) is 0.438. The Morgan fingerprint density at radius 2 is 1.66 bits per heavy atom. The number of primary sulfonamides is 1. The van der Waals surface area contributed by atoms with Crippen molar-refractivity contribution in [1.29, 1.82) is 0 Å². The molecule has 0 saturated carbocycles. The van der Waals surface area contributed by atoms with Gasteiger partial charge >= 0.3 is 0 Å². The molecule has 152 valence electrons. The van der Waals surface area contributed by atoms with Crippen LogP contribution in [0.1, 0.15) is 11.1 Å². The highest BCUT2D eigenvalue weighted by molar-refractivity contribution is 7.89. The van der Waals surface area contributed by atoms with Crippen LogP contribution in [0.3, 0.4) is 0 Å². The Kier molecular flexibility index (Phi) is 6.00. The van der Waals surface area contributed by atoms with E-state index < -0.39 is 10.0 Å². The summed E-state index contributed by atoms with van der Waals surface area (Å²) in [7, 11) is -3.68. The van der Waals surface area contributed by atoms with E-state index in [2.05, 4.69) is 40.5 Å². The van der Waals surface area contributed by atoms with Gasteiger partial charge in [0, 0.05) is 30.4 Å². The van der Waals surface area contributed by atoms with Crippen molar-refractivity contribution in [3.05, 3.63) is 59.7 Å². The largest absolute Gasteiger partial charge is 0.383 e. The minimum Gasteiger partial charge on any atom is -0.383 e. The van der Waals surface area contributed by atoms with Crippen molar-refractivity contribution in [2.45, 2.75) is 18.7 Å². The van der Waals surface area contributed by atoms with E-state index in [1.807, 2.05) is 18.2 Å². The summed E-state index contributed by atoms with van der Waals surface area (Å²) in [5.74, 6) is 0.845. The Hall–Kier alpha value is -3.17. The average molecular weight is 413 g/mol. The smallest absolute Gasteiger partial charge is 0.238 e. The monoisotopic (exact) mass is 412 g/mol. The van der Waals surface area contributed by atoms with Gasteiger partial charge in [0.2, 0.25) is 16.0 Å². The number of sulfonamides is 1. The zero-order chi connectivity index (χ0) is 21.0. The van der Waals surface area contributed by atoms with Gasteiger partial charge in [0.25, 0.3) is 0 Å². The highest BCUT2D eigenvalue weighted by Crippen LogP contribution is 2.26. The van der Waals surface area contributed by atoms with Crippen LogP contribution >= 0.6 is 0 Å². The number of hydrogen-bond acceptors (Lipinski definition) is 7. The lowest BCUT2D eigenvalue weighted by Gasteiger charge is -2.12. The Balaban J connectivity index is 1.63. The van der Waals surface area contributed by atoms with Crippen LogP contribution in [-0.4, -0.2) is 31.5 Å². The van der Waals surface area contributed by atoms with Crippen LogP contribution in [0.4, 0.5) is 17.5 Å². The molecule has 9 heteroatoms. The molecule has 3 rings (SSSR count). The third kappa shape index (κ3) is 5.21. The Bertz CT molecular complexity index is 1110. The van der Waals surface area contributed by atoms with Crippen molar-refractivity contribution in [3.8, 4) is 11.3 Å². The van der Waals surface area contributed by atoms with Crippen LogP contribution in [0, 0.1) is 13.8 Å². The average Bonchev–Trinajstić information content (AvgIpc) is 2.66. The first-order chi connectivity index (χ1) is 13.7. The van der Waals surface area contributed by atoms with E-state index >= 15 is 0 Å². The molecule has 6 N–H and O–H groups in total. The van der Waals surface area contributed by atoms with Gasteiger partial charge in [-0.15, -0.1) is 0 Å². The predicted octanol–water partition coefficient (Wildman–Crippen LogP) is 2.51. The van der Waals surface area contributed by atoms with Crippen molar-refractivity contribution in [2.75, 3.05) is 29.5 Å². The third-order valence-corrected chi connectivity index (χ3v) is 5.50. The first kappa shape index (κ1) is 20.6. The van der Waals surface area contributed by atoms with Crippen molar-refractivity contribution in [1.82, 2.24) is 9.97 Å². The SMILES string of the molecule is Cc1cccc(-c2cc(NCCNc3ccc(S(N)(=O)=O)cc3)nc(N)n2)c1C. The number of aryl methyl sites for hydroxylation is 1. The second kappa shape index (κ2) is 8.46. The summed E-state index contributed by atoms with van der Waals surface area (Å²) in [6, 6.07) is 14.2. The van der Waals surface area contributed by atoms with Crippen molar-refractivity contribution < 1.29 is 8.42 Å². The molecule has 0 aliphatic heterocycles. The molecule has 0 bridgehead atoms. The van der Waals surface area contributed by atoms with Crippen LogP contribution in [0.2, 0.25) is 0 Å². The maximum absolute atomic E-state index is 11.3. The fourth-order valence-corrected chi connectivity index (χ4v) is 3.40. The van der Waals surface area contributed by atoms with E-state index in [0.29, 0.717) is 18.9 Å². The molecule has 29 heavy (non-hydrogen) atoms. The van der Waals surface area contributed by atoms with Crippen LogP contribution in [-0.2, 0) is 10.0 Å². The summed E-state index contributed by atoms with van der Waals surface area (Å²) < 4.78 is 22.6. The molecule has 2 aromatic carbocycles. The number of benzene rings is 2. The molecule has 0 spiro atoms. The first-order valence-electron chi connectivity index (χ1n) is 9.06. The van der Waals surface area contributed by atoms with Gasteiger partial charge in [-0.2, -0.15) is 4.98 Å². The fourth-order valence-electron chi connectivity index (χ4n) is 2.88. The highest BCUT2D eigenvalue weighted by Gasteiger charge is 2.09. The highest BCUT2D eigenvalue weighted by atomic mass is 32.2. The summed E-state index contributed by atoms with van der Waals surface area (Å²) in [6.07, 6.45) is 0. The van der Waals surface area contributed by atoms with Gasteiger partial charge < -0.3 is 16.4 Å². The molecule has 0 radical (unpaired) electrons. The normalized spacial score (nSPS) is 11.3. The minimum absolute atomic E-state index is 0.0802. The summed E-state index contributed by atoms with van der Waals surface area (Å²) in [5.41, 5.74) is 10.8. The molecule has 8 nitrogen and oxygen atoms in total. The van der Waals surface area contributed by atoms with Crippen molar-refractivity contribution in [2.24, 2.45) is 5.14 Å². The number of hydrogen-bond donors (Lipinski definition) is 4. The van der Waals surface area contributed by atoms with Gasteiger partial charge in [-0.25, -0.2) is 18.5 Å². The van der Waals surface area contributed by atoms with Gasteiger partial charge in [-0.05, 0) is 49.2 Å². The lowest BCUT2D eigenvalue weighted by Crippen LogP contribution is -2.15. The summed E-state index contributed by atoms with van der Waals surface area (Å²) >= 11 is 0. The second-order valence-electron chi connectivity index (χ2n) is 6.67. The lowest BCUT2D eigenvalue weighted by atomic mass is 10.0. The van der Waals surface area contributed by atoms with Crippen LogP contribution in [0.25, 0.3) is 11.3 Å². The number of rotatable bonds is 7. The predicted molar refractivity (Wildman–Crippen MR) is 116 cm³/mol. The van der Waals surface area contributed by atoms with Crippen LogP contribution < -0.4 is 21.5 Å². The zero-order valence-electron chi connectivity index (χ0n) is 16.3. The van der Waals surface area contributed by atoms with E-state index in [1.54, 1.807) is 12.1 Å². The maximum Gasteiger partial charge on any atom is 0.238 e. The summed E-state index contributed by atoms with van der Waals surface area (Å²) in [5, 5.41) is 11.5. The second-order valence-corrected chi connectivity index (χ2v) is 8.23. The molecular weight excluding hydrogens is 388 g/mol. The standard InChI is InChI=1S/C20H24N6O2S/c1-13-4-3-5-17(14(13)2)18-12-19(26-20(21)25-18)24-11-10-23-15-6-8-16(9-7-15)29(22,27)28/h3-9,12,23H,10-11H2,1-2H3,(H2,22,27,28)(H3,21,24,25,26). The van der Waals surface area contributed by atoms with E-state index in [9.17, 15) is 8.42 Å². The molecule has 0 saturated heterocycles. The molecule has 0 atom stereocenters. The van der Waals surface area contributed by atoms with Gasteiger partial charge in [0.15, 0.2) is 0 Å². The van der Waals surface area contributed by atoms with Crippen molar-refractivity contribution >= 4 is 27.5 Å². The van der Waals surface area contributed by atoms with Gasteiger partial charge in [0.1, 0.15) is 5.82 Å². The molecule has 1 heterocycles. The summed E-state index contributed by atoms with van der Waals surface area (Å²) in [6.45, 7) is 5.29. The van der Waals surface area contributed by atoms with Gasteiger partial charge in [0.05, 0.1) is 10.6 Å². The van der Waals surface area contributed by atoms with E-state index in [4.69, 9.17) is 10.9 Å². The number of nitrogens with two attached hydrogens (primary N) is 2. The van der Waals surface area contributed by atoms with E-state index in [1.165, 1.54) is 17.7 Å².